The van der Waals surface area contributed by atoms with Crippen LogP contribution in [0, 0.1) is 19.3 Å². The highest BCUT2D eigenvalue weighted by molar-refractivity contribution is 5.95. The second-order valence-corrected chi connectivity index (χ2v) is 13.3. The molecule has 6 amide bonds. The lowest BCUT2D eigenvalue weighted by molar-refractivity contribution is -0.133. The van der Waals surface area contributed by atoms with Gasteiger partial charge in [-0.3, -0.25) is 34.7 Å². The molecule has 0 aromatic heterocycles. The van der Waals surface area contributed by atoms with E-state index in [1.165, 1.54) is 6.92 Å². The number of rotatable bonds is 22. The molecular weight excluding hydrogens is 710 g/mol. The maximum absolute atomic E-state index is 14.1. The van der Waals surface area contributed by atoms with Crippen molar-refractivity contribution < 1.29 is 38.6 Å². The molecule has 0 aliphatic carbocycles. The number of guanidine groups is 1. The highest BCUT2D eigenvalue weighted by atomic mass is 16.5. The molecule has 302 valence electrons. The third kappa shape index (κ3) is 17.3. The van der Waals surface area contributed by atoms with Crippen molar-refractivity contribution in [2.24, 2.45) is 11.5 Å². The van der Waals surface area contributed by atoms with Gasteiger partial charge in [-0.2, -0.15) is 0 Å². The second kappa shape index (κ2) is 23.9. The fraction of sp³-hybridized carbons (Fsp3) is 0.500. The van der Waals surface area contributed by atoms with Crippen LogP contribution in [0.1, 0.15) is 74.6 Å². The molecule has 0 heterocycles. The van der Waals surface area contributed by atoms with Gasteiger partial charge in [0.25, 0.3) is 0 Å². The van der Waals surface area contributed by atoms with Crippen LogP contribution in [0.3, 0.4) is 0 Å². The Morgan fingerprint density at radius 2 is 1.38 bits per heavy atom. The van der Waals surface area contributed by atoms with E-state index in [2.05, 4.69) is 31.9 Å². The predicted octanol–water partition coefficient (Wildman–Crippen LogP) is 0.808. The van der Waals surface area contributed by atoms with Crippen LogP contribution in [0.15, 0.2) is 42.5 Å². The van der Waals surface area contributed by atoms with E-state index in [1.807, 2.05) is 6.07 Å². The summed E-state index contributed by atoms with van der Waals surface area (Å²) >= 11 is 0. The first-order valence-corrected chi connectivity index (χ1v) is 18.4. The summed E-state index contributed by atoms with van der Waals surface area (Å²) in [6, 6.07) is 7.64. The number of alkyl carbamates (subject to hydrolysis) is 1. The first-order chi connectivity index (χ1) is 26.1. The van der Waals surface area contributed by atoms with Crippen LogP contribution in [-0.2, 0) is 41.6 Å². The molecule has 2 aromatic carbocycles. The molecule has 17 nitrogen and oxygen atoms in total. The quantitative estimate of drug-likeness (QED) is 0.0457. The molecule has 0 unspecified atom stereocenters. The van der Waals surface area contributed by atoms with Crippen molar-refractivity contribution in [1.29, 1.82) is 5.41 Å². The Hall–Kier alpha value is -5.71. The average Bonchev–Trinajstić information content (AvgIpc) is 3.11. The summed E-state index contributed by atoms with van der Waals surface area (Å²) in [6.45, 7) is 7.34. The molecule has 55 heavy (non-hydrogen) atoms. The Bertz CT molecular complexity index is 1600. The average molecular weight is 768 g/mol. The highest BCUT2D eigenvalue weighted by Gasteiger charge is 2.31. The van der Waals surface area contributed by atoms with E-state index in [0.29, 0.717) is 48.9 Å². The van der Waals surface area contributed by atoms with Gasteiger partial charge in [-0.1, -0.05) is 43.2 Å². The molecule has 4 atom stereocenters. The minimum Gasteiger partial charge on any atom is -0.508 e. The monoisotopic (exact) mass is 767 g/mol. The molecular formula is C38H57N9O8. The molecule has 12 N–H and O–H groups in total. The minimum atomic E-state index is -1.20. The molecule has 0 radical (unpaired) electrons. The van der Waals surface area contributed by atoms with Crippen molar-refractivity contribution >= 4 is 41.6 Å². The molecule has 0 saturated heterocycles. The molecule has 0 saturated carbocycles. The summed E-state index contributed by atoms with van der Waals surface area (Å²) in [4.78, 5) is 76.5. The first-order valence-electron chi connectivity index (χ1n) is 18.4. The zero-order chi connectivity index (χ0) is 40.9. The van der Waals surface area contributed by atoms with E-state index in [4.69, 9.17) is 21.6 Å². The van der Waals surface area contributed by atoms with Gasteiger partial charge in [0.1, 0.15) is 23.9 Å². The number of phenols is 1. The normalized spacial score (nSPS) is 12.9. The Kier molecular flexibility index (Phi) is 19.7. The maximum atomic E-state index is 14.1. The maximum Gasteiger partial charge on any atom is 0.407 e. The molecule has 0 aliphatic heterocycles. The fourth-order valence-electron chi connectivity index (χ4n) is 5.78. The molecule has 0 aliphatic rings. The molecule has 0 fully saturated rings. The van der Waals surface area contributed by atoms with Crippen LogP contribution in [0.2, 0.25) is 0 Å². The van der Waals surface area contributed by atoms with Crippen LogP contribution >= 0.6 is 0 Å². The summed E-state index contributed by atoms with van der Waals surface area (Å²) in [7, 11) is 0. The van der Waals surface area contributed by atoms with Crippen molar-refractivity contribution in [2.45, 2.75) is 103 Å². The Labute approximate surface area is 322 Å². The van der Waals surface area contributed by atoms with Crippen molar-refractivity contribution in [3.63, 3.8) is 0 Å². The number of benzene rings is 2. The predicted molar refractivity (Wildman–Crippen MR) is 207 cm³/mol. The Morgan fingerprint density at radius 3 is 2.00 bits per heavy atom. The number of aryl methyl sites for hydroxylation is 2. The topological polar surface area (TPSA) is 280 Å². The van der Waals surface area contributed by atoms with E-state index in [1.54, 1.807) is 57.2 Å². The number of aromatic hydroxyl groups is 1. The number of hydrogen-bond donors (Lipinski definition) is 10. The summed E-state index contributed by atoms with van der Waals surface area (Å²) < 4.78 is 4.87. The number of ether oxygens (including phenoxy) is 1. The van der Waals surface area contributed by atoms with Crippen molar-refractivity contribution in [2.75, 3.05) is 19.7 Å². The summed E-state index contributed by atoms with van der Waals surface area (Å²) in [5.41, 5.74) is 14.7. The minimum absolute atomic E-state index is 0.00343. The smallest absolute Gasteiger partial charge is 0.407 e. The fourth-order valence-corrected chi connectivity index (χ4v) is 5.78. The lowest BCUT2D eigenvalue weighted by Crippen LogP contribution is -2.58. The zero-order valence-corrected chi connectivity index (χ0v) is 32.1. The van der Waals surface area contributed by atoms with Crippen LogP contribution < -0.4 is 43.4 Å². The molecule has 2 aromatic rings. The third-order valence-corrected chi connectivity index (χ3v) is 8.64. The van der Waals surface area contributed by atoms with E-state index >= 15 is 0 Å². The van der Waals surface area contributed by atoms with Gasteiger partial charge in [0.2, 0.25) is 29.5 Å². The summed E-state index contributed by atoms with van der Waals surface area (Å²) in [6.07, 6.45) is 1.91. The van der Waals surface area contributed by atoms with Gasteiger partial charge >= 0.3 is 6.09 Å². The zero-order valence-electron chi connectivity index (χ0n) is 32.1. The number of primary amides is 1. The first kappa shape index (κ1) is 45.4. The number of amides is 6. The summed E-state index contributed by atoms with van der Waals surface area (Å²) in [5, 5.41) is 33.7. The molecule has 0 bridgehead atoms. The Morgan fingerprint density at radius 1 is 0.782 bits per heavy atom. The van der Waals surface area contributed by atoms with Crippen molar-refractivity contribution in [1.82, 2.24) is 31.9 Å². The van der Waals surface area contributed by atoms with Gasteiger partial charge < -0.3 is 47.9 Å². The number of phenolic OH excluding ortho intramolecular Hbond substituents is 1. The number of carbonyl (C=O) groups is 6. The number of nitrogens with one attached hydrogen (secondary N) is 7. The SMILES string of the molecule is CCOC(=O)NCCCCC[C@H](NC(=O)[C@H](Cc1c(C)cc(O)cc1C)NC(=O)[C@H](N)CCCNC(=N)NC(C)=O)C(=O)N[C@@H](Cc1ccccc1)C(N)=O. The highest BCUT2D eigenvalue weighted by Crippen LogP contribution is 2.22. The standard InChI is InChI=1S/C38H57N9O8/c1-5-55-38(54)43-17-11-7-10-16-30(35(52)46-31(33(40)50)21-26-13-8-6-9-14-26)45-36(53)32(22-28-23(2)19-27(49)20-24(28)3)47-34(51)29(39)15-12-18-42-37(41)44-25(4)48/h6,8-9,13-14,19-20,29-32,49H,5,7,10-12,15-18,21-22,39H2,1-4H3,(H2,40,50)(H,43,54)(H,45,53)(H,46,52)(H,47,51)(H3,41,42,44,48)/t29-,30+,31+,32+/m1/s1. The van der Waals surface area contributed by atoms with E-state index in [-0.39, 0.29) is 50.5 Å². The van der Waals surface area contributed by atoms with Gasteiger partial charge in [-0.15, -0.1) is 0 Å². The van der Waals surface area contributed by atoms with Gasteiger partial charge in [0, 0.05) is 32.9 Å². The number of hydrogen-bond acceptors (Lipinski definition) is 10. The van der Waals surface area contributed by atoms with Crippen LogP contribution in [0.25, 0.3) is 0 Å². The van der Waals surface area contributed by atoms with Gasteiger partial charge in [-0.25, -0.2) is 4.79 Å². The Balaban J connectivity index is 2.28. The summed E-state index contributed by atoms with van der Waals surface area (Å²) in [5.74, 6) is -3.25. The molecule has 0 spiro atoms. The third-order valence-electron chi connectivity index (χ3n) is 8.64. The van der Waals surface area contributed by atoms with Crippen LogP contribution in [-0.4, -0.2) is 90.6 Å². The largest absolute Gasteiger partial charge is 0.508 e. The number of carbonyl (C=O) groups excluding carboxylic acids is 6. The molecule has 2 rings (SSSR count). The molecule has 17 heteroatoms. The number of nitrogens with two attached hydrogens (primary N) is 2. The van der Waals surface area contributed by atoms with Gasteiger partial charge in [-0.05, 0) is 80.8 Å². The lowest BCUT2D eigenvalue weighted by atomic mass is 9.95. The van der Waals surface area contributed by atoms with Gasteiger partial charge in [0.05, 0.1) is 12.6 Å². The lowest BCUT2D eigenvalue weighted by Gasteiger charge is -2.26. The van der Waals surface area contributed by atoms with Crippen molar-refractivity contribution in [3.8, 4) is 5.75 Å². The van der Waals surface area contributed by atoms with Crippen LogP contribution in [0.5, 0.6) is 5.75 Å². The van der Waals surface area contributed by atoms with E-state index < -0.39 is 59.8 Å². The van der Waals surface area contributed by atoms with Crippen LogP contribution in [0.4, 0.5) is 4.79 Å². The second-order valence-electron chi connectivity index (χ2n) is 13.3. The van der Waals surface area contributed by atoms with E-state index in [0.717, 1.165) is 5.56 Å². The van der Waals surface area contributed by atoms with E-state index in [9.17, 15) is 33.9 Å². The van der Waals surface area contributed by atoms with Gasteiger partial charge in [0.15, 0.2) is 5.96 Å². The van der Waals surface area contributed by atoms with Crippen molar-refractivity contribution in [3.05, 3.63) is 64.7 Å². The number of unbranched alkanes of at least 4 members (excludes halogenated alkanes) is 2.